The van der Waals surface area contributed by atoms with Crippen molar-refractivity contribution in [2.24, 2.45) is 5.92 Å². The van der Waals surface area contributed by atoms with Crippen molar-refractivity contribution in [3.63, 3.8) is 0 Å². The molecule has 0 spiro atoms. The summed E-state index contributed by atoms with van der Waals surface area (Å²) in [5.74, 6) is -1.88. The molecule has 0 aliphatic carbocycles. The zero-order chi connectivity index (χ0) is 14.5. The second kappa shape index (κ2) is 6.69. The molecule has 0 aliphatic heterocycles. The third kappa shape index (κ3) is 5.01. The first kappa shape index (κ1) is 15.7. The number of allylic oxidation sites excluding steroid dienone is 2. The highest BCUT2D eigenvalue weighted by molar-refractivity contribution is 7.66. The van der Waals surface area contributed by atoms with Gasteiger partial charge in [-0.2, -0.15) is 0 Å². The largest absolute Gasteiger partial charge is 0.481 e. The second-order valence-corrected chi connectivity index (χ2v) is 7.06. The molecule has 1 rings (SSSR count). The van der Waals surface area contributed by atoms with E-state index in [1.807, 2.05) is 13.8 Å². The van der Waals surface area contributed by atoms with Gasteiger partial charge >= 0.3 is 5.97 Å². The van der Waals surface area contributed by atoms with Gasteiger partial charge in [-0.1, -0.05) is 29.8 Å². The topological polar surface area (TPSA) is 74.6 Å². The number of rotatable bonds is 6. The van der Waals surface area contributed by atoms with E-state index in [0.717, 1.165) is 5.57 Å². The molecule has 0 heterocycles. The number of carbonyl (C=O) groups is 1. The molecular formula is C14H19O4P. The van der Waals surface area contributed by atoms with Crippen molar-refractivity contribution in [2.75, 3.05) is 6.16 Å². The van der Waals surface area contributed by atoms with Crippen LogP contribution in [0.3, 0.4) is 0 Å². The summed E-state index contributed by atoms with van der Waals surface area (Å²) in [7, 11) is -3.62. The normalized spacial score (nSPS) is 15.3. The van der Waals surface area contributed by atoms with Gasteiger partial charge in [0.25, 0.3) is 0 Å². The van der Waals surface area contributed by atoms with Crippen LogP contribution in [-0.4, -0.2) is 22.1 Å². The average molecular weight is 282 g/mol. The predicted octanol–water partition coefficient (Wildman–Crippen LogP) is 2.64. The van der Waals surface area contributed by atoms with Crippen LogP contribution in [0.4, 0.5) is 0 Å². The summed E-state index contributed by atoms with van der Waals surface area (Å²) in [6.07, 6.45) is 1.81. The Hall–Kier alpha value is -1.38. The molecule has 1 aromatic rings. The van der Waals surface area contributed by atoms with E-state index in [1.165, 1.54) is 0 Å². The average Bonchev–Trinajstić information content (AvgIpc) is 2.35. The minimum atomic E-state index is -3.62. The molecule has 2 unspecified atom stereocenters. The summed E-state index contributed by atoms with van der Waals surface area (Å²) < 4.78 is 12.2. The number of carboxylic acid groups (broad SMARTS) is 1. The van der Waals surface area contributed by atoms with E-state index >= 15 is 0 Å². The third-order valence-electron chi connectivity index (χ3n) is 2.79. The molecule has 0 amide bonds. The Labute approximate surface area is 113 Å². The summed E-state index contributed by atoms with van der Waals surface area (Å²) in [5.41, 5.74) is 0.999. The summed E-state index contributed by atoms with van der Waals surface area (Å²) >= 11 is 0. The molecule has 1 aromatic carbocycles. The number of carboxylic acids is 1. The summed E-state index contributed by atoms with van der Waals surface area (Å²) in [4.78, 5) is 21.2. The van der Waals surface area contributed by atoms with Crippen molar-refractivity contribution in [3.8, 4) is 0 Å². The van der Waals surface area contributed by atoms with Gasteiger partial charge in [-0.3, -0.25) is 9.36 Å². The second-order valence-electron chi connectivity index (χ2n) is 4.77. The molecule has 104 valence electrons. The number of benzene rings is 1. The highest BCUT2D eigenvalue weighted by Crippen LogP contribution is 2.42. The molecule has 0 saturated heterocycles. The minimum absolute atomic E-state index is 0.240. The maximum atomic E-state index is 12.2. The van der Waals surface area contributed by atoms with Crippen LogP contribution < -0.4 is 5.30 Å². The van der Waals surface area contributed by atoms with Crippen LogP contribution in [0.15, 0.2) is 42.0 Å². The quantitative estimate of drug-likeness (QED) is 0.621. The molecule has 4 nitrogen and oxygen atoms in total. The van der Waals surface area contributed by atoms with E-state index in [4.69, 9.17) is 5.11 Å². The molecule has 0 saturated carbocycles. The smallest absolute Gasteiger partial charge is 0.307 e. The summed E-state index contributed by atoms with van der Waals surface area (Å²) in [5, 5.41) is 9.44. The molecule has 0 radical (unpaired) electrons. The van der Waals surface area contributed by atoms with Gasteiger partial charge < -0.3 is 10.00 Å². The SMILES string of the molecule is CC(C)=CCC(CP(=O)(O)c1ccccc1)C(=O)O. The van der Waals surface area contributed by atoms with E-state index < -0.39 is 19.3 Å². The van der Waals surface area contributed by atoms with Gasteiger partial charge in [0.1, 0.15) is 0 Å². The fourth-order valence-electron chi connectivity index (χ4n) is 1.70. The first-order valence-electron chi connectivity index (χ1n) is 6.06. The Kier molecular flexibility index (Phi) is 5.52. The van der Waals surface area contributed by atoms with Crippen molar-refractivity contribution in [1.29, 1.82) is 0 Å². The van der Waals surface area contributed by atoms with Gasteiger partial charge in [-0.25, -0.2) is 0 Å². The van der Waals surface area contributed by atoms with E-state index in [9.17, 15) is 14.3 Å². The van der Waals surface area contributed by atoms with E-state index in [-0.39, 0.29) is 12.6 Å². The van der Waals surface area contributed by atoms with Gasteiger partial charge in [0.15, 0.2) is 0 Å². The van der Waals surface area contributed by atoms with Crippen LogP contribution in [-0.2, 0) is 9.36 Å². The third-order valence-corrected chi connectivity index (χ3v) is 4.83. The molecule has 2 N–H and O–H groups in total. The van der Waals surface area contributed by atoms with Gasteiger partial charge in [0, 0.05) is 11.5 Å². The van der Waals surface area contributed by atoms with Crippen LogP contribution in [0.1, 0.15) is 20.3 Å². The van der Waals surface area contributed by atoms with Crippen LogP contribution in [0.25, 0.3) is 0 Å². The number of aliphatic carboxylic acids is 1. The number of hydrogen-bond acceptors (Lipinski definition) is 2. The lowest BCUT2D eigenvalue weighted by molar-refractivity contribution is -0.140. The van der Waals surface area contributed by atoms with Gasteiger partial charge in [0.2, 0.25) is 7.37 Å². The van der Waals surface area contributed by atoms with Crippen LogP contribution in [0.2, 0.25) is 0 Å². The molecule has 19 heavy (non-hydrogen) atoms. The maximum Gasteiger partial charge on any atom is 0.307 e. The van der Waals surface area contributed by atoms with Gasteiger partial charge in [0.05, 0.1) is 5.92 Å². The molecule has 5 heteroatoms. The van der Waals surface area contributed by atoms with Crippen LogP contribution in [0, 0.1) is 5.92 Å². The first-order chi connectivity index (χ1) is 8.83. The van der Waals surface area contributed by atoms with Crippen molar-refractivity contribution in [3.05, 3.63) is 42.0 Å². The Bertz CT molecular complexity index is 503. The summed E-state index contributed by atoms with van der Waals surface area (Å²) in [6.45, 7) is 3.74. The highest BCUT2D eigenvalue weighted by Gasteiger charge is 2.29. The minimum Gasteiger partial charge on any atom is -0.481 e. The lowest BCUT2D eigenvalue weighted by Gasteiger charge is -2.16. The molecule has 0 bridgehead atoms. The Morgan fingerprint density at radius 1 is 1.32 bits per heavy atom. The Balaban J connectivity index is 2.87. The maximum absolute atomic E-state index is 12.2. The predicted molar refractivity (Wildman–Crippen MR) is 75.9 cm³/mol. The van der Waals surface area contributed by atoms with Crippen molar-refractivity contribution in [1.82, 2.24) is 0 Å². The van der Waals surface area contributed by atoms with Gasteiger partial charge in [-0.15, -0.1) is 0 Å². The number of hydrogen-bond donors (Lipinski definition) is 2. The summed E-state index contributed by atoms with van der Waals surface area (Å²) in [6, 6.07) is 8.21. The van der Waals surface area contributed by atoms with Gasteiger partial charge in [-0.05, 0) is 32.4 Å². The van der Waals surface area contributed by atoms with E-state index in [2.05, 4.69) is 0 Å². The Morgan fingerprint density at radius 3 is 2.37 bits per heavy atom. The monoisotopic (exact) mass is 282 g/mol. The fraction of sp³-hybridized carbons (Fsp3) is 0.357. The van der Waals surface area contributed by atoms with Crippen molar-refractivity contribution >= 4 is 18.6 Å². The van der Waals surface area contributed by atoms with E-state index in [0.29, 0.717) is 5.30 Å². The molecular weight excluding hydrogens is 263 g/mol. The molecule has 0 aliphatic rings. The lowest BCUT2D eigenvalue weighted by atomic mass is 10.1. The van der Waals surface area contributed by atoms with E-state index in [1.54, 1.807) is 36.4 Å². The molecule has 0 aromatic heterocycles. The first-order valence-corrected chi connectivity index (χ1v) is 7.91. The fourth-order valence-corrected chi connectivity index (χ4v) is 3.45. The molecule has 0 fully saturated rings. The highest BCUT2D eigenvalue weighted by atomic mass is 31.2. The van der Waals surface area contributed by atoms with Crippen molar-refractivity contribution < 1.29 is 19.4 Å². The standard InChI is InChI=1S/C14H19O4P/c1-11(2)8-9-12(14(15)16)10-19(17,18)13-6-4-3-5-7-13/h3-8,12H,9-10H2,1-2H3,(H,15,16)(H,17,18). The van der Waals surface area contributed by atoms with Crippen LogP contribution >= 0.6 is 7.37 Å². The van der Waals surface area contributed by atoms with Crippen molar-refractivity contribution in [2.45, 2.75) is 20.3 Å². The zero-order valence-corrected chi connectivity index (χ0v) is 12.0. The zero-order valence-electron chi connectivity index (χ0n) is 11.1. The van der Waals surface area contributed by atoms with Crippen LogP contribution in [0.5, 0.6) is 0 Å². The Morgan fingerprint density at radius 2 is 1.89 bits per heavy atom. The molecule has 2 atom stereocenters. The lowest BCUT2D eigenvalue weighted by Crippen LogP contribution is -2.21.